The Morgan fingerprint density at radius 3 is 2.81 bits per heavy atom. The summed E-state index contributed by atoms with van der Waals surface area (Å²) in [6.07, 6.45) is 4.49. The average molecular weight is 321 g/mol. The minimum atomic E-state index is 0.484. The topological polar surface area (TPSA) is 38.2 Å². The molecule has 1 aliphatic rings. The van der Waals surface area contributed by atoms with Crippen molar-refractivity contribution in [3.63, 3.8) is 0 Å². The summed E-state index contributed by atoms with van der Waals surface area (Å²) in [4.78, 5) is 2.51. The molecule has 6 heteroatoms. The van der Waals surface area contributed by atoms with Crippen LogP contribution in [0.15, 0.2) is 28.6 Å². The van der Waals surface area contributed by atoms with Crippen LogP contribution in [0.1, 0.15) is 29.5 Å². The van der Waals surface area contributed by atoms with Gasteiger partial charge in [-0.15, -0.1) is 10.2 Å². The maximum absolute atomic E-state index is 5.24. The first-order chi connectivity index (χ1) is 10.3. The second-order valence-corrected chi connectivity index (χ2v) is 7.18. The van der Waals surface area contributed by atoms with E-state index in [1.165, 1.54) is 18.4 Å². The Morgan fingerprint density at radius 2 is 2.14 bits per heavy atom. The molecule has 2 aromatic rings. The summed E-state index contributed by atoms with van der Waals surface area (Å²) in [5.41, 5.74) is 1.36. The number of benzene rings is 1. The van der Waals surface area contributed by atoms with E-state index in [-0.39, 0.29) is 0 Å². The molecule has 21 heavy (non-hydrogen) atoms. The molecule has 1 saturated heterocycles. The number of methoxy groups -OCH3 is 1. The highest BCUT2D eigenvalue weighted by Crippen LogP contribution is 2.34. The van der Waals surface area contributed by atoms with Gasteiger partial charge in [0.1, 0.15) is 10.8 Å². The van der Waals surface area contributed by atoms with Crippen LogP contribution in [0.5, 0.6) is 5.75 Å². The molecule has 1 atom stereocenters. The molecule has 1 aromatic heterocycles. The third-order valence-electron chi connectivity index (χ3n) is 3.83. The lowest BCUT2D eigenvalue weighted by molar-refractivity contribution is 0.247. The van der Waals surface area contributed by atoms with Crippen molar-refractivity contribution >= 4 is 23.1 Å². The zero-order chi connectivity index (χ0) is 14.7. The lowest BCUT2D eigenvalue weighted by atomic mass is 10.0. The van der Waals surface area contributed by atoms with E-state index in [1.54, 1.807) is 30.2 Å². The molecule has 3 rings (SSSR count). The summed E-state index contributed by atoms with van der Waals surface area (Å²) in [6.45, 7) is 2.03. The molecule has 1 aromatic carbocycles. The predicted molar refractivity (Wildman–Crippen MR) is 87.1 cm³/mol. The van der Waals surface area contributed by atoms with Crippen LogP contribution in [0.4, 0.5) is 0 Å². The quantitative estimate of drug-likeness (QED) is 0.787. The minimum Gasteiger partial charge on any atom is -0.497 e. The number of ether oxygens (including phenoxy) is 1. The van der Waals surface area contributed by atoms with Crippen molar-refractivity contribution in [2.75, 3.05) is 19.9 Å². The number of hydrogen-bond donors (Lipinski definition) is 0. The molecule has 4 nitrogen and oxygen atoms in total. The van der Waals surface area contributed by atoms with Crippen LogP contribution < -0.4 is 4.74 Å². The van der Waals surface area contributed by atoms with Crippen LogP contribution in [0.2, 0.25) is 0 Å². The number of rotatable bonds is 5. The predicted octanol–water partition coefficient (Wildman–Crippen LogP) is 3.61. The van der Waals surface area contributed by atoms with Gasteiger partial charge in [-0.25, -0.2) is 0 Å². The van der Waals surface area contributed by atoms with Gasteiger partial charge in [0.15, 0.2) is 4.34 Å². The molecule has 0 spiro atoms. The molecule has 112 valence electrons. The van der Waals surface area contributed by atoms with Crippen molar-refractivity contribution in [1.82, 2.24) is 15.1 Å². The number of likely N-dealkylation sites (tertiary alicyclic amines) is 1. The van der Waals surface area contributed by atoms with Crippen molar-refractivity contribution < 1.29 is 4.74 Å². The van der Waals surface area contributed by atoms with Crippen molar-refractivity contribution in [3.05, 3.63) is 34.8 Å². The van der Waals surface area contributed by atoms with Gasteiger partial charge < -0.3 is 4.74 Å². The van der Waals surface area contributed by atoms with Gasteiger partial charge in [-0.1, -0.05) is 35.2 Å². The first kappa shape index (κ1) is 14.8. The fraction of sp³-hybridized carbons (Fsp3) is 0.467. The number of thioether (sulfide) groups is 1. The molecule has 1 fully saturated rings. The highest BCUT2D eigenvalue weighted by Gasteiger charge is 2.26. The summed E-state index contributed by atoms with van der Waals surface area (Å²) < 4.78 is 6.28. The van der Waals surface area contributed by atoms with Gasteiger partial charge in [-0.05, 0) is 43.3 Å². The van der Waals surface area contributed by atoms with Crippen molar-refractivity contribution in [1.29, 1.82) is 0 Å². The van der Waals surface area contributed by atoms with E-state index in [2.05, 4.69) is 27.2 Å². The number of hydrogen-bond acceptors (Lipinski definition) is 6. The third-order valence-corrected chi connectivity index (χ3v) is 5.71. The van der Waals surface area contributed by atoms with Crippen LogP contribution in [0, 0.1) is 0 Å². The van der Waals surface area contributed by atoms with Gasteiger partial charge in [0.25, 0.3) is 0 Å². The lowest BCUT2D eigenvalue weighted by Gasteiger charge is -2.23. The Balaban J connectivity index is 1.72. The van der Waals surface area contributed by atoms with Gasteiger partial charge in [0, 0.05) is 6.04 Å². The van der Waals surface area contributed by atoms with E-state index in [0.717, 1.165) is 28.2 Å². The van der Waals surface area contributed by atoms with Crippen molar-refractivity contribution in [2.45, 2.75) is 29.8 Å². The second kappa shape index (κ2) is 6.77. The first-order valence-electron chi connectivity index (χ1n) is 7.04. The van der Waals surface area contributed by atoms with Gasteiger partial charge in [0.2, 0.25) is 0 Å². The maximum atomic E-state index is 5.24. The van der Waals surface area contributed by atoms with E-state index in [1.807, 2.05) is 18.4 Å². The SMILES string of the molecule is COc1ccc(C2CCCN2Cc2nnc(SC)s2)cc1. The van der Waals surface area contributed by atoms with Crippen LogP contribution in [0.25, 0.3) is 0 Å². The number of nitrogens with zero attached hydrogens (tertiary/aromatic N) is 3. The van der Waals surface area contributed by atoms with E-state index < -0.39 is 0 Å². The molecule has 0 amide bonds. The third kappa shape index (κ3) is 3.39. The standard InChI is InChI=1S/C15H19N3OS2/c1-19-12-7-5-11(6-8-12)13-4-3-9-18(13)10-14-16-17-15(20-2)21-14/h5-8,13H,3-4,9-10H2,1-2H3. The molecule has 0 aliphatic carbocycles. The fourth-order valence-corrected chi connectivity index (χ4v) is 4.12. The summed E-state index contributed by atoms with van der Waals surface area (Å²) in [6, 6.07) is 8.92. The average Bonchev–Trinajstić information content (AvgIpc) is 3.17. The summed E-state index contributed by atoms with van der Waals surface area (Å²) >= 11 is 3.36. The van der Waals surface area contributed by atoms with E-state index in [9.17, 15) is 0 Å². The monoisotopic (exact) mass is 321 g/mol. The molecule has 0 bridgehead atoms. The molecule has 0 saturated carbocycles. The molecule has 1 unspecified atom stereocenters. The molecule has 2 heterocycles. The van der Waals surface area contributed by atoms with Crippen LogP contribution in [-0.2, 0) is 6.54 Å². The highest BCUT2D eigenvalue weighted by molar-refractivity contribution is 8.00. The Labute approximate surface area is 133 Å². The zero-order valence-electron chi connectivity index (χ0n) is 12.3. The Kier molecular flexibility index (Phi) is 4.77. The van der Waals surface area contributed by atoms with Crippen LogP contribution in [-0.4, -0.2) is 35.0 Å². The maximum Gasteiger partial charge on any atom is 0.174 e. The summed E-state index contributed by atoms with van der Waals surface area (Å²) in [7, 11) is 1.70. The van der Waals surface area contributed by atoms with Gasteiger partial charge in [-0.2, -0.15) is 0 Å². The molecule has 1 aliphatic heterocycles. The lowest BCUT2D eigenvalue weighted by Crippen LogP contribution is -2.22. The molecular formula is C15H19N3OS2. The molecular weight excluding hydrogens is 302 g/mol. The molecule has 0 N–H and O–H groups in total. The van der Waals surface area contributed by atoms with E-state index in [0.29, 0.717) is 6.04 Å². The highest BCUT2D eigenvalue weighted by atomic mass is 32.2. The van der Waals surface area contributed by atoms with Gasteiger partial charge in [0.05, 0.1) is 13.7 Å². The Morgan fingerprint density at radius 1 is 1.33 bits per heavy atom. The zero-order valence-corrected chi connectivity index (χ0v) is 13.9. The van der Waals surface area contributed by atoms with E-state index in [4.69, 9.17) is 4.74 Å². The largest absolute Gasteiger partial charge is 0.497 e. The Hall–Kier alpha value is -1.11. The van der Waals surface area contributed by atoms with Crippen LogP contribution in [0.3, 0.4) is 0 Å². The smallest absolute Gasteiger partial charge is 0.174 e. The number of aromatic nitrogens is 2. The Bertz CT molecular complexity index is 585. The van der Waals surface area contributed by atoms with Gasteiger partial charge >= 0.3 is 0 Å². The van der Waals surface area contributed by atoms with Crippen LogP contribution >= 0.6 is 23.1 Å². The van der Waals surface area contributed by atoms with Gasteiger partial charge in [-0.3, -0.25) is 4.90 Å². The minimum absolute atomic E-state index is 0.484. The van der Waals surface area contributed by atoms with E-state index >= 15 is 0 Å². The second-order valence-electron chi connectivity index (χ2n) is 5.07. The summed E-state index contributed by atoms with van der Waals surface area (Å²) in [5.74, 6) is 0.914. The molecule has 0 radical (unpaired) electrons. The fourth-order valence-electron chi connectivity index (χ4n) is 2.78. The van der Waals surface area contributed by atoms with Crippen molar-refractivity contribution in [3.8, 4) is 5.75 Å². The normalized spacial score (nSPS) is 19.0. The van der Waals surface area contributed by atoms with Crippen molar-refractivity contribution in [2.24, 2.45) is 0 Å². The summed E-state index contributed by atoms with van der Waals surface area (Å²) in [5, 5.41) is 9.59. The first-order valence-corrected chi connectivity index (χ1v) is 9.08.